The standard InChI is InChI=1S/C20H27N3O3/c1-8-15-17(14(5)24)13(4)22-18(15)20(25)23(6)10-16-12(3)19(26-7)11(2)9-21-16/h9,22H,8,10H2,1-7H3. The van der Waals surface area contributed by atoms with Crippen molar-refractivity contribution in [2.45, 2.75) is 47.6 Å². The zero-order valence-corrected chi connectivity index (χ0v) is 16.6. The van der Waals surface area contributed by atoms with Gasteiger partial charge in [-0.15, -0.1) is 0 Å². The largest absolute Gasteiger partial charge is 0.496 e. The van der Waals surface area contributed by atoms with Crippen molar-refractivity contribution >= 4 is 11.7 Å². The van der Waals surface area contributed by atoms with E-state index in [1.165, 1.54) is 6.92 Å². The van der Waals surface area contributed by atoms with Gasteiger partial charge >= 0.3 is 0 Å². The maximum atomic E-state index is 13.0. The van der Waals surface area contributed by atoms with Crippen LogP contribution in [0.3, 0.4) is 0 Å². The molecule has 0 aliphatic rings. The van der Waals surface area contributed by atoms with E-state index in [4.69, 9.17) is 4.74 Å². The highest BCUT2D eigenvalue weighted by atomic mass is 16.5. The highest BCUT2D eigenvalue weighted by molar-refractivity contribution is 6.02. The molecule has 2 heterocycles. The second-order valence-corrected chi connectivity index (χ2v) is 6.60. The molecule has 26 heavy (non-hydrogen) atoms. The van der Waals surface area contributed by atoms with Crippen molar-refractivity contribution in [3.8, 4) is 5.75 Å². The number of rotatable bonds is 6. The Kier molecular flexibility index (Phi) is 5.85. The minimum Gasteiger partial charge on any atom is -0.496 e. The third-order valence-electron chi connectivity index (χ3n) is 4.69. The summed E-state index contributed by atoms with van der Waals surface area (Å²) in [5.74, 6) is 0.607. The fraction of sp³-hybridized carbons (Fsp3) is 0.450. The first-order chi connectivity index (χ1) is 12.2. The van der Waals surface area contributed by atoms with Crippen molar-refractivity contribution in [3.63, 3.8) is 0 Å². The van der Waals surface area contributed by atoms with Crippen molar-refractivity contribution in [2.75, 3.05) is 14.2 Å². The van der Waals surface area contributed by atoms with Crippen molar-refractivity contribution in [3.05, 3.63) is 45.5 Å². The smallest absolute Gasteiger partial charge is 0.270 e. The number of methoxy groups -OCH3 is 1. The molecule has 6 nitrogen and oxygen atoms in total. The number of carbonyl (C=O) groups is 2. The quantitative estimate of drug-likeness (QED) is 0.804. The number of Topliss-reactive ketones (excluding diaryl/α,β-unsaturated/α-hetero) is 1. The van der Waals surface area contributed by atoms with E-state index < -0.39 is 0 Å². The average molecular weight is 357 g/mol. The Morgan fingerprint density at radius 2 is 1.92 bits per heavy atom. The molecule has 0 atom stereocenters. The number of pyridine rings is 1. The van der Waals surface area contributed by atoms with Crippen molar-refractivity contribution in [2.24, 2.45) is 0 Å². The summed E-state index contributed by atoms with van der Waals surface area (Å²) in [5.41, 5.74) is 5.29. The van der Waals surface area contributed by atoms with Crippen LogP contribution in [0.4, 0.5) is 0 Å². The molecule has 2 aromatic rings. The number of ether oxygens (including phenoxy) is 1. The lowest BCUT2D eigenvalue weighted by Crippen LogP contribution is -2.28. The number of aromatic amines is 1. The zero-order chi connectivity index (χ0) is 19.6. The van der Waals surface area contributed by atoms with E-state index in [1.54, 1.807) is 25.3 Å². The van der Waals surface area contributed by atoms with Crippen molar-refractivity contribution < 1.29 is 14.3 Å². The van der Waals surface area contributed by atoms with Crippen molar-refractivity contribution in [1.29, 1.82) is 0 Å². The summed E-state index contributed by atoms with van der Waals surface area (Å²) in [7, 11) is 3.37. The second-order valence-electron chi connectivity index (χ2n) is 6.60. The molecule has 0 aliphatic heterocycles. The average Bonchev–Trinajstić information content (AvgIpc) is 2.93. The third-order valence-corrected chi connectivity index (χ3v) is 4.69. The Morgan fingerprint density at radius 1 is 1.27 bits per heavy atom. The lowest BCUT2D eigenvalue weighted by Gasteiger charge is -2.19. The van der Waals surface area contributed by atoms with E-state index in [1.807, 2.05) is 27.7 Å². The summed E-state index contributed by atoms with van der Waals surface area (Å²) in [6, 6.07) is 0. The van der Waals surface area contributed by atoms with Crippen LogP contribution in [0, 0.1) is 20.8 Å². The van der Waals surface area contributed by atoms with Crippen LogP contribution in [-0.4, -0.2) is 40.7 Å². The number of H-pyrrole nitrogens is 1. The van der Waals surface area contributed by atoms with Gasteiger partial charge in [-0.1, -0.05) is 6.92 Å². The predicted octanol–water partition coefficient (Wildman–Crippen LogP) is 3.38. The summed E-state index contributed by atoms with van der Waals surface area (Å²) in [6.07, 6.45) is 2.37. The molecule has 0 saturated carbocycles. The number of amides is 1. The molecule has 1 amide bonds. The van der Waals surface area contributed by atoms with Crippen LogP contribution in [0.5, 0.6) is 5.75 Å². The third kappa shape index (κ3) is 3.49. The Balaban J connectivity index is 2.35. The molecule has 0 aliphatic carbocycles. The van der Waals surface area contributed by atoms with Crippen LogP contribution in [0.1, 0.15) is 62.8 Å². The van der Waals surface area contributed by atoms with E-state index in [2.05, 4.69) is 9.97 Å². The maximum Gasteiger partial charge on any atom is 0.270 e. The first-order valence-corrected chi connectivity index (χ1v) is 8.69. The molecule has 140 valence electrons. The highest BCUT2D eigenvalue weighted by Crippen LogP contribution is 2.26. The summed E-state index contributed by atoms with van der Waals surface area (Å²) in [5, 5.41) is 0. The SMILES string of the molecule is CCc1c(C(=O)N(C)Cc2ncc(C)c(OC)c2C)[nH]c(C)c1C(C)=O. The van der Waals surface area contributed by atoms with Gasteiger partial charge in [0.2, 0.25) is 0 Å². The van der Waals surface area contributed by atoms with Gasteiger partial charge in [-0.3, -0.25) is 14.6 Å². The molecule has 2 rings (SSSR count). The van der Waals surface area contributed by atoms with Crippen LogP contribution in [-0.2, 0) is 13.0 Å². The number of hydrogen-bond acceptors (Lipinski definition) is 4. The first-order valence-electron chi connectivity index (χ1n) is 8.69. The second kappa shape index (κ2) is 7.72. The number of carbonyl (C=O) groups excluding carboxylic acids is 2. The molecule has 6 heteroatoms. The minimum atomic E-state index is -0.154. The molecular formula is C20H27N3O3. The van der Waals surface area contributed by atoms with Crippen LogP contribution in [0.15, 0.2) is 6.20 Å². The van der Waals surface area contributed by atoms with Gasteiger partial charge in [0.05, 0.1) is 19.3 Å². The van der Waals surface area contributed by atoms with Crippen LogP contribution >= 0.6 is 0 Å². The summed E-state index contributed by atoms with van der Waals surface area (Å²) < 4.78 is 5.44. The van der Waals surface area contributed by atoms with E-state index in [9.17, 15) is 9.59 Å². The zero-order valence-electron chi connectivity index (χ0n) is 16.6. The molecular weight excluding hydrogens is 330 g/mol. The number of aromatic nitrogens is 2. The molecule has 2 aromatic heterocycles. The number of hydrogen-bond donors (Lipinski definition) is 1. The lowest BCUT2D eigenvalue weighted by molar-refractivity contribution is 0.0776. The van der Waals surface area contributed by atoms with E-state index in [0.717, 1.165) is 33.8 Å². The Hall–Kier alpha value is -2.63. The van der Waals surface area contributed by atoms with Gasteiger partial charge in [-0.05, 0) is 39.7 Å². The molecule has 0 bridgehead atoms. The van der Waals surface area contributed by atoms with Gasteiger partial charge in [-0.25, -0.2) is 0 Å². The predicted molar refractivity (Wildman–Crippen MR) is 101 cm³/mol. The number of nitrogens with one attached hydrogen (secondary N) is 1. The Morgan fingerprint density at radius 3 is 2.46 bits per heavy atom. The molecule has 1 N–H and O–H groups in total. The summed E-state index contributed by atoms with van der Waals surface area (Å²) in [4.78, 5) is 34.1. The van der Waals surface area contributed by atoms with Gasteiger partial charge in [0.1, 0.15) is 11.4 Å². The topological polar surface area (TPSA) is 75.3 Å². The fourth-order valence-electron chi connectivity index (χ4n) is 3.41. The first kappa shape index (κ1) is 19.7. The summed E-state index contributed by atoms with van der Waals surface area (Å²) >= 11 is 0. The molecule has 0 fully saturated rings. The van der Waals surface area contributed by atoms with Gasteiger partial charge in [0.25, 0.3) is 5.91 Å². The highest BCUT2D eigenvalue weighted by Gasteiger charge is 2.24. The van der Waals surface area contributed by atoms with Crippen LogP contribution < -0.4 is 4.74 Å². The monoisotopic (exact) mass is 357 g/mol. The number of ketones is 1. The normalized spacial score (nSPS) is 10.7. The minimum absolute atomic E-state index is 0.0296. The molecule has 0 spiro atoms. The van der Waals surface area contributed by atoms with Gasteiger partial charge in [0.15, 0.2) is 5.78 Å². The van der Waals surface area contributed by atoms with Crippen molar-refractivity contribution in [1.82, 2.24) is 14.9 Å². The molecule has 0 unspecified atom stereocenters. The number of nitrogens with zero attached hydrogens (tertiary/aromatic N) is 2. The van der Waals surface area contributed by atoms with E-state index in [0.29, 0.717) is 24.2 Å². The molecule has 0 aromatic carbocycles. The molecule has 0 saturated heterocycles. The Labute approximate surface area is 154 Å². The van der Waals surface area contributed by atoms with E-state index in [-0.39, 0.29) is 11.7 Å². The summed E-state index contributed by atoms with van der Waals surface area (Å²) in [6.45, 7) is 9.54. The Bertz CT molecular complexity index is 852. The fourth-order valence-corrected chi connectivity index (χ4v) is 3.41. The number of aryl methyl sites for hydroxylation is 2. The van der Waals surface area contributed by atoms with Gasteiger partial charge in [-0.2, -0.15) is 0 Å². The van der Waals surface area contributed by atoms with E-state index >= 15 is 0 Å². The van der Waals surface area contributed by atoms with Gasteiger partial charge in [0, 0.05) is 35.6 Å². The molecule has 0 radical (unpaired) electrons. The lowest BCUT2D eigenvalue weighted by atomic mass is 10.0. The van der Waals surface area contributed by atoms with Crippen LogP contribution in [0.2, 0.25) is 0 Å². The van der Waals surface area contributed by atoms with Gasteiger partial charge < -0.3 is 14.6 Å². The maximum absolute atomic E-state index is 13.0. The van der Waals surface area contributed by atoms with Crippen LogP contribution in [0.25, 0.3) is 0 Å².